The molecule has 0 spiro atoms. The molecule has 1 aliphatic carbocycles. The van der Waals surface area contributed by atoms with Crippen LogP contribution in [0.5, 0.6) is 0 Å². The van der Waals surface area contributed by atoms with Crippen LogP contribution in [0.4, 0.5) is 4.39 Å². The molecule has 0 aliphatic heterocycles. The maximum absolute atomic E-state index is 13.1. The van der Waals surface area contributed by atoms with E-state index in [0.717, 1.165) is 5.56 Å². The highest BCUT2D eigenvalue weighted by molar-refractivity contribution is 7.92. The number of aryl methyl sites for hydroxylation is 1. The average molecular weight is 345 g/mol. The molecule has 0 unspecified atom stereocenters. The second kappa shape index (κ2) is 5.69. The van der Waals surface area contributed by atoms with Gasteiger partial charge in [0.1, 0.15) is 11.2 Å². The second-order valence-corrected chi connectivity index (χ2v) is 8.19. The maximum atomic E-state index is 13.1. The van der Waals surface area contributed by atoms with Crippen LogP contribution in [0, 0.1) is 29.5 Å². The molecule has 0 radical (unpaired) electrons. The van der Waals surface area contributed by atoms with Gasteiger partial charge in [0, 0.05) is 5.92 Å². The van der Waals surface area contributed by atoms with Crippen molar-refractivity contribution in [2.75, 3.05) is 6.61 Å². The number of nitriles is 1. The number of hydrogen-bond donors (Lipinski definition) is 1. The van der Waals surface area contributed by atoms with Gasteiger partial charge in [0.2, 0.25) is 0 Å². The summed E-state index contributed by atoms with van der Waals surface area (Å²) in [4.78, 5) is 0.121. The fourth-order valence-corrected chi connectivity index (χ4v) is 5.55. The van der Waals surface area contributed by atoms with Gasteiger partial charge in [-0.25, -0.2) is 12.8 Å². The van der Waals surface area contributed by atoms with Gasteiger partial charge in [0.25, 0.3) is 0 Å². The van der Waals surface area contributed by atoms with Crippen molar-refractivity contribution in [1.29, 1.82) is 5.26 Å². The van der Waals surface area contributed by atoms with Crippen LogP contribution in [0.15, 0.2) is 53.4 Å². The van der Waals surface area contributed by atoms with Gasteiger partial charge in [-0.05, 0) is 36.8 Å². The highest BCUT2D eigenvalue weighted by atomic mass is 32.2. The minimum absolute atomic E-state index is 0.121. The van der Waals surface area contributed by atoms with Crippen LogP contribution in [-0.4, -0.2) is 25.4 Å². The van der Waals surface area contributed by atoms with Crippen molar-refractivity contribution >= 4 is 9.84 Å². The van der Waals surface area contributed by atoms with Crippen LogP contribution >= 0.6 is 0 Å². The molecular formula is C18H16FNO3S. The summed E-state index contributed by atoms with van der Waals surface area (Å²) in [6.07, 6.45) is 0. The SMILES string of the molecule is Cc1ccc(S(=O)(=O)[C@@H]2[C@@H](c3ccc(F)cc3)[C@]2(C#N)CO)cc1. The van der Waals surface area contributed by atoms with Gasteiger partial charge in [-0.3, -0.25) is 0 Å². The predicted octanol–water partition coefficient (Wildman–Crippen LogP) is 2.58. The van der Waals surface area contributed by atoms with Crippen LogP contribution < -0.4 is 0 Å². The molecular weight excluding hydrogens is 329 g/mol. The molecule has 24 heavy (non-hydrogen) atoms. The topological polar surface area (TPSA) is 78.2 Å². The Balaban J connectivity index is 2.06. The van der Waals surface area contributed by atoms with Crippen molar-refractivity contribution in [3.63, 3.8) is 0 Å². The predicted molar refractivity (Wildman–Crippen MR) is 86.4 cm³/mol. The first-order valence-corrected chi connectivity index (χ1v) is 8.99. The molecule has 2 aromatic rings. The Labute approximate surface area is 140 Å². The number of halogens is 1. The summed E-state index contributed by atoms with van der Waals surface area (Å²) in [7, 11) is -3.80. The summed E-state index contributed by atoms with van der Waals surface area (Å²) in [6.45, 7) is 1.28. The van der Waals surface area contributed by atoms with Gasteiger partial charge in [0.05, 0.1) is 22.8 Å². The Morgan fingerprint density at radius 2 is 1.75 bits per heavy atom. The molecule has 1 aliphatic rings. The van der Waals surface area contributed by atoms with Crippen LogP contribution in [0.3, 0.4) is 0 Å². The third-order valence-corrected chi connectivity index (χ3v) is 6.93. The van der Waals surface area contributed by atoms with E-state index in [1.165, 1.54) is 36.4 Å². The monoisotopic (exact) mass is 345 g/mol. The molecule has 2 aromatic carbocycles. The highest BCUT2D eigenvalue weighted by Gasteiger charge is 2.72. The number of sulfone groups is 1. The van der Waals surface area contributed by atoms with Crippen LogP contribution in [0.1, 0.15) is 17.0 Å². The van der Waals surface area contributed by atoms with Gasteiger partial charge in [-0.1, -0.05) is 29.8 Å². The van der Waals surface area contributed by atoms with Crippen LogP contribution in [0.25, 0.3) is 0 Å². The molecule has 4 nitrogen and oxygen atoms in total. The smallest absolute Gasteiger partial charge is 0.183 e. The summed E-state index contributed by atoms with van der Waals surface area (Å²) in [5.41, 5.74) is 0.0582. The quantitative estimate of drug-likeness (QED) is 0.924. The van der Waals surface area contributed by atoms with E-state index < -0.39 is 38.8 Å². The van der Waals surface area contributed by atoms with Crippen molar-refractivity contribution in [1.82, 2.24) is 0 Å². The first-order valence-electron chi connectivity index (χ1n) is 7.45. The van der Waals surface area contributed by atoms with Crippen LogP contribution in [0.2, 0.25) is 0 Å². The summed E-state index contributed by atoms with van der Waals surface area (Å²) in [5, 5.41) is 18.2. The van der Waals surface area contributed by atoms with Crippen molar-refractivity contribution in [3.8, 4) is 6.07 Å². The lowest BCUT2D eigenvalue weighted by Gasteiger charge is -2.06. The molecule has 1 saturated carbocycles. The minimum atomic E-state index is -3.80. The number of nitrogens with zero attached hydrogens (tertiary/aromatic N) is 1. The van der Waals surface area contributed by atoms with Gasteiger partial charge in [-0.15, -0.1) is 0 Å². The van der Waals surface area contributed by atoms with Crippen molar-refractivity contribution in [3.05, 3.63) is 65.5 Å². The summed E-state index contributed by atoms with van der Waals surface area (Å²) >= 11 is 0. The zero-order chi connectivity index (χ0) is 17.5. The van der Waals surface area contributed by atoms with E-state index in [1.807, 2.05) is 13.0 Å². The van der Waals surface area contributed by atoms with E-state index in [2.05, 4.69) is 0 Å². The van der Waals surface area contributed by atoms with Crippen molar-refractivity contribution in [2.24, 2.45) is 5.41 Å². The highest BCUT2D eigenvalue weighted by Crippen LogP contribution is 2.63. The van der Waals surface area contributed by atoms with Gasteiger partial charge >= 0.3 is 0 Å². The Bertz CT molecular complexity index is 901. The first-order chi connectivity index (χ1) is 11.4. The van der Waals surface area contributed by atoms with E-state index in [1.54, 1.807) is 12.1 Å². The van der Waals surface area contributed by atoms with E-state index in [4.69, 9.17) is 0 Å². The lowest BCUT2D eigenvalue weighted by molar-refractivity contribution is 0.242. The average Bonchev–Trinajstić information content (AvgIpc) is 3.26. The van der Waals surface area contributed by atoms with Crippen molar-refractivity contribution in [2.45, 2.75) is 23.0 Å². The minimum Gasteiger partial charge on any atom is -0.395 e. The fraction of sp³-hybridized carbons (Fsp3) is 0.278. The lowest BCUT2D eigenvalue weighted by atomic mass is 10.0. The van der Waals surface area contributed by atoms with Gasteiger partial charge in [0.15, 0.2) is 9.84 Å². The Kier molecular flexibility index (Phi) is 3.94. The van der Waals surface area contributed by atoms with Gasteiger partial charge in [-0.2, -0.15) is 5.26 Å². The van der Waals surface area contributed by atoms with E-state index in [9.17, 15) is 23.2 Å². The summed E-state index contributed by atoms with van der Waals surface area (Å²) in [5.74, 6) is -1.12. The third-order valence-electron chi connectivity index (χ3n) is 4.64. The summed E-state index contributed by atoms with van der Waals surface area (Å²) in [6, 6.07) is 13.7. The number of benzene rings is 2. The van der Waals surface area contributed by atoms with E-state index in [-0.39, 0.29) is 4.90 Å². The normalized spacial score (nSPS) is 25.9. The fourth-order valence-electron chi connectivity index (χ4n) is 3.23. The lowest BCUT2D eigenvalue weighted by Crippen LogP contribution is -2.18. The molecule has 3 rings (SSSR count). The standard InChI is InChI=1S/C18H16FNO3S/c1-12-2-8-15(9-3-12)24(22,23)17-16(18(17,10-20)11-21)13-4-6-14(19)7-5-13/h2-9,16-17,21H,11H2,1H3/t16-,17-,18+/m1/s1. The second-order valence-electron chi connectivity index (χ2n) is 6.12. The first kappa shape index (κ1) is 16.6. The number of rotatable bonds is 4. The number of hydrogen-bond acceptors (Lipinski definition) is 4. The molecule has 1 N–H and O–H groups in total. The molecule has 0 aromatic heterocycles. The molecule has 1 fully saturated rings. The zero-order valence-corrected chi connectivity index (χ0v) is 13.8. The largest absolute Gasteiger partial charge is 0.395 e. The maximum Gasteiger partial charge on any atom is 0.183 e. The van der Waals surface area contributed by atoms with Crippen LogP contribution in [-0.2, 0) is 9.84 Å². The Morgan fingerprint density at radius 1 is 1.17 bits per heavy atom. The zero-order valence-electron chi connectivity index (χ0n) is 13.0. The molecule has 6 heteroatoms. The molecule has 3 atom stereocenters. The molecule has 124 valence electrons. The van der Waals surface area contributed by atoms with E-state index in [0.29, 0.717) is 5.56 Å². The van der Waals surface area contributed by atoms with Gasteiger partial charge < -0.3 is 5.11 Å². The molecule has 0 saturated heterocycles. The Morgan fingerprint density at radius 3 is 2.25 bits per heavy atom. The number of aliphatic hydroxyl groups excluding tert-OH is 1. The molecule has 0 heterocycles. The van der Waals surface area contributed by atoms with E-state index >= 15 is 0 Å². The molecule has 0 amide bonds. The number of aliphatic hydroxyl groups is 1. The van der Waals surface area contributed by atoms with Crippen molar-refractivity contribution < 1.29 is 17.9 Å². The third kappa shape index (κ3) is 2.41. The Hall–Kier alpha value is -2.23. The summed E-state index contributed by atoms with van der Waals surface area (Å²) < 4.78 is 39.0. The molecule has 0 bridgehead atoms.